The Kier molecular flexibility index (Phi) is 6.19. The average molecular weight is 292 g/mol. The highest BCUT2D eigenvalue weighted by atomic mass is 19.1. The molecule has 1 unspecified atom stereocenters. The summed E-state index contributed by atoms with van der Waals surface area (Å²) in [5.41, 5.74) is 2.35. The molecule has 1 atom stereocenters. The second-order valence-electron chi connectivity index (χ2n) is 6.83. The highest BCUT2D eigenvalue weighted by molar-refractivity contribution is 5.26. The zero-order valence-electron chi connectivity index (χ0n) is 13.7. The molecule has 1 aromatic rings. The Morgan fingerprint density at radius 3 is 2.90 bits per heavy atom. The van der Waals surface area contributed by atoms with Gasteiger partial charge in [-0.1, -0.05) is 19.9 Å². The fourth-order valence-electron chi connectivity index (χ4n) is 3.08. The van der Waals surface area contributed by atoms with Crippen molar-refractivity contribution in [3.63, 3.8) is 0 Å². The van der Waals surface area contributed by atoms with Gasteiger partial charge in [-0.05, 0) is 74.5 Å². The smallest absolute Gasteiger partial charge is 0.123 e. The first-order valence-corrected chi connectivity index (χ1v) is 8.22. The Labute approximate surface area is 128 Å². The van der Waals surface area contributed by atoms with Gasteiger partial charge in [0.2, 0.25) is 0 Å². The molecule has 1 fully saturated rings. The molecule has 0 radical (unpaired) electrons. The fourth-order valence-corrected chi connectivity index (χ4v) is 3.08. The molecule has 2 nitrogen and oxygen atoms in total. The summed E-state index contributed by atoms with van der Waals surface area (Å²) in [6.45, 7) is 12.3. The Morgan fingerprint density at radius 2 is 2.19 bits per heavy atom. The van der Waals surface area contributed by atoms with E-state index in [0.717, 1.165) is 43.5 Å². The standard InChI is InChI=1S/C18H29FN2/c1-14(2)11-20-12-16-6-8-21(13-16)9-7-17-4-5-18(19)10-15(17)3/h4-5,10,14,16,20H,6-9,11-13H2,1-3H3. The first kappa shape index (κ1) is 16.4. The van der Waals surface area contributed by atoms with Crippen LogP contribution in [0.1, 0.15) is 31.4 Å². The zero-order chi connectivity index (χ0) is 15.2. The highest BCUT2D eigenvalue weighted by Gasteiger charge is 2.21. The lowest BCUT2D eigenvalue weighted by Crippen LogP contribution is -2.29. The third-order valence-electron chi connectivity index (χ3n) is 4.36. The molecule has 0 spiro atoms. The lowest BCUT2D eigenvalue weighted by atomic mass is 10.1. The Morgan fingerprint density at radius 1 is 1.38 bits per heavy atom. The molecule has 1 aliphatic heterocycles. The van der Waals surface area contributed by atoms with E-state index in [1.54, 1.807) is 12.1 Å². The van der Waals surface area contributed by atoms with Crippen molar-refractivity contribution >= 4 is 0 Å². The second kappa shape index (κ2) is 7.90. The van der Waals surface area contributed by atoms with Crippen molar-refractivity contribution in [2.75, 3.05) is 32.7 Å². The SMILES string of the molecule is Cc1cc(F)ccc1CCN1CCC(CNCC(C)C)C1. The summed E-state index contributed by atoms with van der Waals surface area (Å²) in [5.74, 6) is 1.38. The van der Waals surface area contributed by atoms with Crippen molar-refractivity contribution in [3.8, 4) is 0 Å². The minimum atomic E-state index is -0.131. The molecule has 1 saturated heterocycles. The second-order valence-corrected chi connectivity index (χ2v) is 6.83. The zero-order valence-corrected chi connectivity index (χ0v) is 13.7. The summed E-state index contributed by atoms with van der Waals surface area (Å²) in [6.07, 6.45) is 2.33. The molecule has 21 heavy (non-hydrogen) atoms. The van der Waals surface area contributed by atoms with Crippen molar-refractivity contribution in [3.05, 3.63) is 35.1 Å². The summed E-state index contributed by atoms with van der Waals surface area (Å²) in [5, 5.41) is 3.57. The molecular weight excluding hydrogens is 263 g/mol. The van der Waals surface area contributed by atoms with Crippen LogP contribution in [-0.4, -0.2) is 37.6 Å². The van der Waals surface area contributed by atoms with Gasteiger partial charge in [0.05, 0.1) is 0 Å². The van der Waals surface area contributed by atoms with E-state index in [9.17, 15) is 4.39 Å². The molecule has 0 saturated carbocycles. The molecule has 118 valence electrons. The third kappa shape index (κ3) is 5.40. The van der Waals surface area contributed by atoms with Crippen LogP contribution in [0.3, 0.4) is 0 Å². The van der Waals surface area contributed by atoms with Crippen molar-refractivity contribution in [2.45, 2.75) is 33.6 Å². The monoisotopic (exact) mass is 292 g/mol. The molecule has 0 aliphatic carbocycles. The largest absolute Gasteiger partial charge is 0.316 e. The molecule has 1 aromatic carbocycles. The van der Waals surface area contributed by atoms with Gasteiger partial charge in [0.25, 0.3) is 0 Å². The van der Waals surface area contributed by atoms with Crippen LogP contribution in [0.25, 0.3) is 0 Å². The van der Waals surface area contributed by atoms with Crippen LogP contribution in [0.15, 0.2) is 18.2 Å². The normalized spacial score (nSPS) is 19.6. The molecule has 1 N–H and O–H groups in total. The van der Waals surface area contributed by atoms with Crippen molar-refractivity contribution in [1.29, 1.82) is 0 Å². The van der Waals surface area contributed by atoms with Gasteiger partial charge in [-0.3, -0.25) is 0 Å². The first-order chi connectivity index (χ1) is 10.0. The maximum absolute atomic E-state index is 13.1. The topological polar surface area (TPSA) is 15.3 Å². The summed E-state index contributed by atoms with van der Waals surface area (Å²) < 4.78 is 13.1. The van der Waals surface area contributed by atoms with E-state index in [2.05, 4.69) is 24.1 Å². The Bertz CT molecular complexity index is 445. The van der Waals surface area contributed by atoms with Crippen molar-refractivity contribution in [1.82, 2.24) is 10.2 Å². The van der Waals surface area contributed by atoms with Crippen molar-refractivity contribution < 1.29 is 4.39 Å². The van der Waals surface area contributed by atoms with Crippen LogP contribution in [-0.2, 0) is 6.42 Å². The van der Waals surface area contributed by atoms with Gasteiger partial charge in [-0.15, -0.1) is 0 Å². The number of aryl methyl sites for hydroxylation is 1. The maximum Gasteiger partial charge on any atom is 0.123 e. The number of halogens is 1. The van der Waals surface area contributed by atoms with Crippen LogP contribution in [0, 0.1) is 24.6 Å². The van der Waals surface area contributed by atoms with Gasteiger partial charge in [0.1, 0.15) is 5.82 Å². The number of benzene rings is 1. The van der Waals surface area contributed by atoms with E-state index in [0.29, 0.717) is 0 Å². The minimum absolute atomic E-state index is 0.131. The van der Waals surface area contributed by atoms with E-state index in [4.69, 9.17) is 0 Å². The Balaban J connectivity index is 1.70. The van der Waals surface area contributed by atoms with Gasteiger partial charge < -0.3 is 10.2 Å². The van der Waals surface area contributed by atoms with Crippen LogP contribution in [0.5, 0.6) is 0 Å². The third-order valence-corrected chi connectivity index (χ3v) is 4.36. The summed E-state index contributed by atoms with van der Waals surface area (Å²) in [7, 11) is 0. The van der Waals surface area contributed by atoms with Gasteiger partial charge in [0, 0.05) is 13.1 Å². The van der Waals surface area contributed by atoms with Gasteiger partial charge >= 0.3 is 0 Å². The first-order valence-electron chi connectivity index (χ1n) is 8.22. The van der Waals surface area contributed by atoms with Crippen LogP contribution in [0.4, 0.5) is 4.39 Å². The lowest BCUT2D eigenvalue weighted by molar-refractivity contribution is 0.324. The number of rotatable bonds is 7. The average Bonchev–Trinajstić information content (AvgIpc) is 2.85. The van der Waals surface area contributed by atoms with Crippen LogP contribution >= 0.6 is 0 Å². The van der Waals surface area contributed by atoms with Gasteiger partial charge in [-0.25, -0.2) is 4.39 Å². The van der Waals surface area contributed by atoms with Gasteiger partial charge in [-0.2, -0.15) is 0 Å². The molecule has 0 aromatic heterocycles. The van der Waals surface area contributed by atoms with Crippen molar-refractivity contribution in [2.24, 2.45) is 11.8 Å². The van der Waals surface area contributed by atoms with E-state index in [1.807, 2.05) is 13.0 Å². The molecule has 3 heteroatoms. The van der Waals surface area contributed by atoms with Crippen LogP contribution in [0.2, 0.25) is 0 Å². The number of nitrogens with one attached hydrogen (secondary N) is 1. The van der Waals surface area contributed by atoms with Crippen LogP contribution < -0.4 is 5.32 Å². The fraction of sp³-hybridized carbons (Fsp3) is 0.667. The minimum Gasteiger partial charge on any atom is -0.316 e. The molecule has 0 bridgehead atoms. The summed E-state index contributed by atoms with van der Waals surface area (Å²) in [6, 6.07) is 5.14. The molecule has 1 heterocycles. The molecule has 0 amide bonds. The molecule has 1 aliphatic rings. The lowest BCUT2D eigenvalue weighted by Gasteiger charge is -2.17. The van der Waals surface area contributed by atoms with E-state index in [-0.39, 0.29) is 5.82 Å². The predicted octanol–water partition coefficient (Wildman–Crippen LogP) is 3.24. The highest BCUT2D eigenvalue weighted by Crippen LogP contribution is 2.17. The van der Waals surface area contributed by atoms with Gasteiger partial charge in [0.15, 0.2) is 0 Å². The van der Waals surface area contributed by atoms with E-state index >= 15 is 0 Å². The number of likely N-dealkylation sites (tertiary alicyclic amines) is 1. The quantitative estimate of drug-likeness (QED) is 0.830. The van der Waals surface area contributed by atoms with E-state index < -0.39 is 0 Å². The summed E-state index contributed by atoms with van der Waals surface area (Å²) >= 11 is 0. The molecule has 2 rings (SSSR count). The summed E-state index contributed by atoms with van der Waals surface area (Å²) in [4.78, 5) is 2.55. The molecular formula is C18H29FN2. The maximum atomic E-state index is 13.1. The number of hydrogen-bond donors (Lipinski definition) is 1. The number of hydrogen-bond acceptors (Lipinski definition) is 2. The van der Waals surface area contributed by atoms with E-state index in [1.165, 1.54) is 25.1 Å². The Hall–Kier alpha value is -0.930. The number of nitrogens with zero attached hydrogens (tertiary/aromatic N) is 1. The predicted molar refractivity (Wildman–Crippen MR) is 87.1 cm³/mol.